The van der Waals surface area contributed by atoms with Gasteiger partial charge in [0.25, 0.3) is 0 Å². The second-order valence-electron chi connectivity index (χ2n) is 4.02. The number of aliphatic hydroxyl groups is 1. The number of benzene rings is 2. The highest BCUT2D eigenvalue weighted by Gasteiger charge is 2.01. The van der Waals surface area contributed by atoms with Crippen molar-refractivity contribution in [3.8, 4) is 11.8 Å². The molecule has 3 heteroatoms. The highest BCUT2D eigenvalue weighted by molar-refractivity contribution is 9.10. The highest BCUT2D eigenvalue weighted by atomic mass is 79.9. The molecule has 0 aliphatic rings. The summed E-state index contributed by atoms with van der Waals surface area (Å²) in [6.45, 7) is 0. The predicted molar refractivity (Wildman–Crippen MR) is 83.1 cm³/mol. The van der Waals surface area contributed by atoms with Gasteiger partial charge in [-0.2, -0.15) is 0 Å². The van der Waals surface area contributed by atoms with E-state index in [1.54, 1.807) is 24.3 Å². The van der Waals surface area contributed by atoms with E-state index in [1.807, 2.05) is 30.3 Å². The average molecular weight is 327 g/mol. The van der Waals surface area contributed by atoms with Crippen molar-refractivity contribution in [1.29, 1.82) is 0 Å². The van der Waals surface area contributed by atoms with Crippen LogP contribution in [-0.4, -0.2) is 10.9 Å². The van der Waals surface area contributed by atoms with Gasteiger partial charge in [0.05, 0.1) is 0 Å². The summed E-state index contributed by atoms with van der Waals surface area (Å²) in [5.41, 5.74) is 1.33. The van der Waals surface area contributed by atoms with Crippen LogP contribution in [0, 0.1) is 11.8 Å². The van der Waals surface area contributed by atoms with Crippen molar-refractivity contribution < 1.29 is 9.90 Å². The molecule has 0 amide bonds. The van der Waals surface area contributed by atoms with Gasteiger partial charge in [-0.1, -0.05) is 52.2 Å². The molecule has 0 radical (unpaired) electrons. The van der Waals surface area contributed by atoms with Crippen LogP contribution in [0.5, 0.6) is 0 Å². The van der Waals surface area contributed by atoms with Crippen LogP contribution in [0.2, 0.25) is 0 Å². The van der Waals surface area contributed by atoms with Crippen LogP contribution in [0.1, 0.15) is 11.1 Å². The Bertz CT molecular complexity index is 689. The van der Waals surface area contributed by atoms with Gasteiger partial charge in [0, 0.05) is 21.7 Å². The molecule has 0 saturated heterocycles. The van der Waals surface area contributed by atoms with Crippen LogP contribution in [0.25, 0.3) is 5.76 Å². The lowest BCUT2D eigenvalue weighted by atomic mass is 10.1. The molecule has 0 aromatic heterocycles. The molecule has 2 aromatic carbocycles. The lowest BCUT2D eigenvalue weighted by molar-refractivity contribution is -0.109. The van der Waals surface area contributed by atoms with E-state index in [2.05, 4.69) is 27.8 Å². The average Bonchev–Trinajstić information content (AvgIpc) is 2.47. The van der Waals surface area contributed by atoms with Crippen LogP contribution >= 0.6 is 15.9 Å². The topological polar surface area (TPSA) is 37.3 Å². The van der Waals surface area contributed by atoms with Crippen LogP contribution < -0.4 is 0 Å². The van der Waals surface area contributed by atoms with Gasteiger partial charge in [-0.3, -0.25) is 4.79 Å². The summed E-state index contributed by atoms with van der Waals surface area (Å²) in [5, 5.41) is 9.84. The fourth-order valence-electron chi connectivity index (χ4n) is 1.52. The maximum Gasteiger partial charge on any atom is 0.232 e. The van der Waals surface area contributed by atoms with Crippen molar-refractivity contribution in [2.45, 2.75) is 0 Å². The normalized spacial score (nSPS) is 10.6. The molecule has 1 N–H and O–H groups in total. The van der Waals surface area contributed by atoms with E-state index in [4.69, 9.17) is 0 Å². The molecule has 0 bridgehead atoms. The molecule has 0 spiro atoms. The van der Waals surface area contributed by atoms with Gasteiger partial charge in [0.15, 0.2) is 0 Å². The molecule has 0 fully saturated rings. The summed E-state index contributed by atoms with van der Waals surface area (Å²) in [4.78, 5) is 11.6. The first kappa shape index (κ1) is 14.1. The van der Waals surface area contributed by atoms with Crippen LogP contribution in [0.4, 0.5) is 0 Å². The molecule has 98 valence electrons. The van der Waals surface area contributed by atoms with Gasteiger partial charge < -0.3 is 5.11 Å². The van der Waals surface area contributed by atoms with Gasteiger partial charge >= 0.3 is 0 Å². The van der Waals surface area contributed by atoms with Crippen molar-refractivity contribution in [3.63, 3.8) is 0 Å². The Morgan fingerprint density at radius 3 is 2.35 bits per heavy atom. The Labute approximate surface area is 125 Å². The van der Waals surface area contributed by atoms with E-state index in [9.17, 15) is 9.90 Å². The number of rotatable bonds is 2. The van der Waals surface area contributed by atoms with Gasteiger partial charge in [-0.15, -0.1) is 0 Å². The maximum absolute atomic E-state index is 11.6. The number of allylic oxidation sites excluding steroid dienone is 1. The number of halogens is 1. The monoisotopic (exact) mass is 326 g/mol. The van der Waals surface area contributed by atoms with Gasteiger partial charge in [0.2, 0.25) is 5.78 Å². The molecule has 0 atom stereocenters. The molecule has 0 unspecified atom stereocenters. The number of carbonyl (C=O) groups excluding carboxylic acids is 1. The zero-order valence-corrected chi connectivity index (χ0v) is 12.1. The quantitative estimate of drug-likeness (QED) is 0.515. The maximum atomic E-state index is 11.6. The number of hydrogen-bond donors (Lipinski definition) is 1. The van der Waals surface area contributed by atoms with Crippen molar-refractivity contribution in [2.75, 3.05) is 0 Å². The summed E-state index contributed by atoms with van der Waals surface area (Å²) in [6, 6.07) is 16.2. The molecule has 0 heterocycles. The minimum Gasteiger partial charge on any atom is -0.507 e. The third-order valence-electron chi connectivity index (χ3n) is 2.51. The first-order valence-electron chi connectivity index (χ1n) is 5.93. The van der Waals surface area contributed by atoms with Gasteiger partial charge in [-0.05, 0) is 30.2 Å². The van der Waals surface area contributed by atoms with E-state index in [0.29, 0.717) is 5.56 Å². The van der Waals surface area contributed by atoms with Crippen LogP contribution in [0.3, 0.4) is 0 Å². The zero-order valence-electron chi connectivity index (χ0n) is 10.5. The fourth-order valence-corrected chi connectivity index (χ4v) is 1.78. The van der Waals surface area contributed by atoms with E-state index < -0.39 is 5.78 Å². The van der Waals surface area contributed by atoms with Gasteiger partial charge in [0.1, 0.15) is 5.76 Å². The second-order valence-corrected chi connectivity index (χ2v) is 4.93. The summed E-state index contributed by atoms with van der Waals surface area (Å²) < 4.78 is 0.907. The molecule has 2 nitrogen and oxygen atoms in total. The molecule has 0 saturated carbocycles. The molecule has 0 aliphatic heterocycles. The number of ketones is 1. The van der Waals surface area contributed by atoms with Gasteiger partial charge in [-0.25, -0.2) is 0 Å². The lowest BCUT2D eigenvalue weighted by Crippen LogP contribution is -1.91. The van der Waals surface area contributed by atoms with E-state index in [0.717, 1.165) is 16.1 Å². The lowest BCUT2D eigenvalue weighted by Gasteiger charge is -1.98. The Morgan fingerprint density at radius 1 is 1.05 bits per heavy atom. The van der Waals surface area contributed by atoms with Crippen molar-refractivity contribution in [1.82, 2.24) is 0 Å². The minimum atomic E-state index is -0.436. The Morgan fingerprint density at radius 2 is 1.70 bits per heavy atom. The highest BCUT2D eigenvalue weighted by Crippen LogP contribution is 2.15. The smallest absolute Gasteiger partial charge is 0.232 e. The van der Waals surface area contributed by atoms with E-state index >= 15 is 0 Å². The molecular formula is C17H11BrO2. The van der Waals surface area contributed by atoms with E-state index in [1.165, 1.54) is 0 Å². The van der Waals surface area contributed by atoms with Crippen LogP contribution in [0.15, 0.2) is 65.1 Å². The summed E-state index contributed by atoms with van der Waals surface area (Å²) >= 11 is 3.31. The van der Waals surface area contributed by atoms with Crippen LogP contribution in [-0.2, 0) is 4.79 Å². The van der Waals surface area contributed by atoms with E-state index in [-0.39, 0.29) is 5.76 Å². The summed E-state index contributed by atoms with van der Waals surface area (Å²) in [6.07, 6.45) is 1.12. The summed E-state index contributed by atoms with van der Waals surface area (Å²) in [5.74, 6) is 4.70. The Kier molecular flexibility index (Phi) is 4.75. The van der Waals surface area contributed by atoms with Crippen molar-refractivity contribution in [3.05, 3.63) is 76.3 Å². The number of aliphatic hydroxyl groups excluding tert-OH is 1. The first-order valence-corrected chi connectivity index (χ1v) is 6.72. The third-order valence-corrected chi connectivity index (χ3v) is 3.04. The molecule has 2 rings (SSSR count). The number of carbonyl (C=O) groups is 1. The SMILES string of the molecule is O=C(C#Cc1ccccc1)/C=C(\O)c1ccc(Br)cc1. The zero-order chi connectivity index (χ0) is 14.4. The first-order chi connectivity index (χ1) is 9.65. The molecule has 20 heavy (non-hydrogen) atoms. The molecular weight excluding hydrogens is 316 g/mol. The Hall–Kier alpha value is -2.31. The fraction of sp³-hybridized carbons (Fsp3) is 0. The number of hydrogen-bond acceptors (Lipinski definition) is 2. The second kappa shape index (κ2) is 6.74. The van der Waals surface area contributed by atoms with Crippen molar-refractivity contribution in [2.24, 2.45) is 0 Å². The predicted octanol–water partition coefficient (Wildman–Crippen LogP) is 3.97. The molecule has 2 aromatic rings. The third kappa shape index (κ3) is 4.11. The largest absolute Gasteiger partial charge is 0.507 e. The minimum absolute atomic E-state index is 0.0927. The molecule has 0 aliphatic carbocycles. The standard InChI is InChI=1S/C17H11BrO2/c18-15-9-7-14(8-10-15)17(20)12-16(19)11-6-13-4-2-1-3-5-13/h1-5,7-10,12,20H/b17-12-. The Balaban J connectivity index is 2.13. The van der Waals surface area contributed by atoms with Crippen molar-refractivity contribution >= 4 is 27.5 Å². The summed E-state index contributed by atoms with van der Waals surface area (Å²) in [7, 11) is 0.